The molecule has 3 nitrogen and oxygen atoms in total. The highest BCUT2D eigenvalue weighted by Gasteiger charge is 2.03. The summed E-state index contributed by atoms with van der Waals surface area (Å²) in [4.78, 5) is 0. The number of hydrogen-bond acceptors (Lipinski definition) is 3. The van der Waals surface area contributed by atoms with Crippen LogP contribution < -0.4 is 9.47 Å². The number of benzene rings is 2. The van der Waals surface area contributed by atoms with Crippen LogP contribution in [0.15, 0.2) is 48.5 Å². The molecule has 0 saturated heterocycles. The van der Waals surface area contributed by atoms with Gasteiger partial charge in [0.1, 0.15) is 23.3 Å². The number of nitrogens with zero attached hydrogens (tertiary/aromatic N) is 1. The fraction of sp³-hybridized carbons (Fsp3) is 0.188. The molecular weight excluding hydrogens is 238 g/mol. The van der Waals surface area contributed by atoms with E-state index < -0.39 is 0 Å². The minimum absolute atomic E-state index is 0.522. The number of nitriles is 1. The van der Waals surface area contributed by atoms with Crippen LogP contribution in [0.5, 0.6) is 17.2 Å². The third kappa shape index (κ3) is 3.49. The van der Waals surface area contributed by atoms with Gasteiger partial charge in [0, 0.05) is 0 Å². The topological polar surface area (TPSA) is 42.2 Å². The van der Waals surface area contributed by atoms with Gasteiger partial charge >= 0.3 is 0 Å². The average molecular weight is 253 g/mol. The van der Waals surface area contributed by atoms with Gasteiger partial charge in [-0.15, -0.1) is 0 Å². The second kappa shape index (κ2) is 6.46. The van der Waals surface area contributed by atoms with Gasteiger partial charge in [0.25, 0.3) is 0 Å². The lowest BCUT2D eigenvalue weighted by Crippen LogP contribution is -1.94. The Hall–Kier alpha value is -2.47. The van der Waals surface area contributed by atoms with Crippen LogP contribution in [0, 0.1) is 11.3 Å². The maximum absolute atomic E-state index is 8.99. The van der Waals surface area contributed by atoms with Crippen molar-refractivity contribution in [2.75, 3.05) is 6.61 Å². The Morgan fingerprint density at radius 1 is 1.00 bits per heavy atom. The molecule has 0 fully saturated rings. The molecule has 96 valence electrons. The van der Waals surface area contributed by atoms with E-state index in [9.17, 15) is 0 Å². The van der Waals surface area contributed by atoms with Crippen molar-refractivity contribution >= 4 is 0 Å². The first-order valence-corrected chi connectivity index (χ1v) is 6.23. The molecule has 2 aromatic rings. The van der Waals surface area contributed by atoms with Crippen LogP contribution in [0.2, 0.25) is 0 Å². The summed E-state index contributed by atoms with van der Waals surface area (Å²) in [6.45, 7) is 2.77. The van der Waals surface area contributed by atoms with E-state index in [-0.39, 0.29) is 0 Å². The maximum atomic E-state index is 8.99. The van der Waals surface area contributed by atoms with Crippen LogP contribution in [-0.2, 0) is 0 Å². The van der Waals surface area contributed by atoms with Gasteiger partial charge in [-0.25, -0.2) is 0 Å². The van der Waals surface area contributed by atoms with E-state index in [1.54, 1.807) is 12.1 Å². The quantitative estimate of drug-likeness (QED) is 0.804. The fourth-order valence-electron chi connectivity index (χ4n) is 1.60. The summed E-state index contributed by atoms with van der Waals surface area (Å²) in [6.07, 6.45) is 0.980. The van der Waals surface area contributed by atoms with Crippen LogP contribution in [0.1, 0.15) is 18.9 Å². The predicted octanol–water partition coefficient (Wildman–Crippen LogP) is 4.14. The molecule has 3 heteroatoms. The van der Waals surface area contributed by atoms with Crippen LogP contribution in [0.25, 0.3) is 0 Å². The number of para-hydroxylation sites is 1. The smallest absolute Gasteiger partial charge is 0.145 e. The normalized spacial score (nSPS) is 9.68. The summed E-state index contributed by atoms with van der Waals surface area (Å²) in [5.41, 5.74) is 0.522. The highest BCUT2D eigenvalue weighted by molar-refractivity contribution is 5.45. The Labute approximate surface area is 113 Å². The van der Waals surface area contributed by atoms with Gasteiger partial charge in [-0.05, 0) is 42.8 Å². The second-order valence-electron chi connectivity index (χ2n) is 4.03. The lowest BCUT2D eigenvalue weighted by molar-refractivity contribution is 0.317. The first kappa shape index (κ1) is 13.0. The Kier molecular flexibility index (Phi) is 4.41. The average Bonchev–Trinajstić information content (AvgIpc) is 2.47. The van der Waals surface area contributed by atoms with Gasteiger partial charge in [-0.3, -0.25) is 0 Å². The molecule has 0 aliphatic rings. The molecule has 0 N–H and O–H groups in total. The molecule has 0 radical (unpaired) electrons. The van der Waals surface area contributed by atoms with Gasteiger partial charge in [0.15, 0.2) is 0 Å². The third-order valence-electron chi connectivity index (χ3n) is 2.53. The Morgan fingerprint density at radius 2 is 1.68 bits per heavy atom. The summed E-state index contributed by atoms with van der Waals surface area (Å²) in [5.74, 6) is 2.07. The van der Waals surface area contributed by atoms with Gasteiger partial charge in [-0.1, -0.05) is 19.1 Å². The standard InChI is InChI=1S/C16H15NO2/c1-2-11-18-14-7-9-15(10-8-14)19-16-6-4-3-5-13(16)12-17/h3-10H,2,11H2,1H3. The van der Waals surface area contributed by atoms with E-state index in [4.69, 9.17) is 14.7 Å². The summed E-state index contributed by atoms with van der Waals surface area (Å²) < 4.78 is 11.2. The zero-order valence-corrected chi connectivity index (χ0v) is 10.8. The molecular formula is C16H15NO2. The van der Waals surface area contributed by atoms with Gasteiger partial charge < -0.3 is 9.47 Å². The predicted molar refractivity (Wildman–Crippen MR) is 73.5 cm³/mol. The molecule has 2 aromatic carbocycles. The van der Waals surface area contributed by atoms with Gasteiger partial charge in [0.05, 0.1) is 12.2 Å². The molecule has 0 aliphatic heterocycles. The molecule has 0 unspecified atom stereocenters. The molecule has 0 amide bonds. The fourth-order valence-corrected chi connectivity index (χ4v) is 1.60. The lowest BCUT2D eigenvalue weighted by atomic mass is 10.2. The third-order valence-corrected chi connectivity index (χ3v) is 2.53. The maximum Gasteiger partial charge on any atom is 0.145 e. The van der Waals surface area contributed by atoms with E-state index in [0.29, 0.717) is 23.7 Å². The summed E-state index contributed by atoms with van der Waals surface area (Å²) >= 11 is 0. The molecule has 0 saturated carbocycles. The van der Waals surface area contributed by atoms with Crippen molar-refractivity contribution in [2.24, 2.45) is 0 Å². The molecule has 19 heavy (non-hydrogen) atoms. The molecule has 2 rings (SSSR count). The van der Waals surface area contributed by atoms with Crippen LogP contribution >= 0.6 is 0 Å². The van der Waals surface area contributed by atoms with Gasteiger partial charge in [0.2, 0.25) is 0 Å². The largest absolute Gasteiger partial charge is 0.494 e. The molecule has 0 spiro atoms. The number of ether oxygens (including phenoxy) is 2. The molecule has 0 bridgehead atoms. The zero-order valence-electron chi connectivity index (χ0n) is 10.8. The van der Waals surface area contributed by atoms with Crippen molar-refractivity contribution < 1.29 is 9.47 Å². The summed E-state index contributed by atoms with van der Waals surface area (Å²) in [6, 6.07) is 16.7. The van der Waals surface area contributed by atoms with E-state index in [1.807, 2.05) is 36.4 Å². The van der Waals surface area contributed by atoms with Crippen molar-refractivity contribution in [2.45, 2.75) is 13.3 Å². The monoisotopic (exact) mass is 253 g/mol. The molecule has 0 aromatic heterocycles. The second-order valence-corrected chi connectivity index (χ2v) is 4.03. The van der Waals surface area contributed by atoms with Crippen molar-refractivity contribution in [3.8, 4) is 23.3 Å². The Morgan fingerprint density at radius 3 is 2.37 bits per heavy atom. The minimum atomic E-state index is 0.522. The number of rotatable bonds is 5. The van der Waals surface area contributed by atoms with Crippen LogP contribution in [-0.4, -0.2) is 6.61 Å². The highest BCUT2D eigenvalue weighted by Crippen LogP contribution is 2.26. The Balaban J connectivity index is 2.09. The molecule has 0 atom stereocenters. The highest BCUT2D eigenvalue weighted by atomic mass is 16.5. The van der Waals surface area contributed by atoms with E-state index >= 15 is 0 Å². The number of hydrogen-bond donors (Lipinski definition) is 0. The summed E-state index contributed by atoms with van der Waals surface area (Å²) in [7, 11) is 0. The first-order valence-electron chi connectivity index (χ1n) is 6.23. The van der Waals surface area contributed by atoms with Crippen molar-refractivity contribution in [1.82, 2.24) is 0 Å². The zero-order chi connectivity index (χ0) is 13.5. The van der Waals surface area contributed by atoms with Crippen LogP contribution in [0.3, 0.4) is 0 Å². The van der Waals surface area contributed by atoms with E-state index in [1.165, 1.54) is 0 Å². The lowest BCUT2D eigenvalue weighted by Gasteiger charge is -2.08. The van der Waals surface area contributed by atoms with E-state index in [2.05, 4.69) is 13.0 Å². The Bertz CT molecular complexity index is 570. The minimum Gasteiger partial charge on any atom is -0.494 e. The van der Waals surface area contributed by atoms with E-state index in [0.717, 1.165) is 12.2 Å². The SMILES string of the molecule is CCCOc1ccc(Oc2ccccc2C#N)cc1. The molecule has 0 aliphatic carbocycles. The van der Waals surface area contributed by atoms with Crippen molar-refractivity contribution in [3.05, 3.63) is 54.1 Å². The van der Waals surface area contributed by atoms with Crippen molar-refractivity contribution in [1.29, 1.82) is 5.26 Å². The van der Waals surface area contributed by atoms with Crippen molar-refractivity contribution in [3.63, 3.8) is 0 Å². The van der Waals surface area contributed by atoms with Gasteiger partial charge in [-0.2, -0.15) is 5.26 Å². The first-order chi connectivity index (χ1) is 9.33. The molecule has 0 heterocycles. The summed E-state index contributed by atoms with van der Waals surface area (Å²) in [5, 5.41) is 8.99. The van der Waals surface area contributed by atoms with Crippen LogP contribution in [0.4, 0.5) is 0 Å².